The van der Waals surface area contributed by atoms with Crippen LogP contribution in [0.25, 0.3) is 0 Å². The highest BCUT2D eigenvalue weighted by atomic mass is 16.6. The van der Waals surface area contributed by atoms with Crippen LogP contribution < -0.4 is 0 Å². The van der Waals surface area contributed by atoms with Crippen LogP contribution in [0.4, 0.5) is 4.79 Å². The molecule has 0 saturated heterocycles. The zero-order valence-corrected chi connectivity index (χ0v) is 12.4. The number of ether oxygens (including phenoxy) is 2. The summed E-state index contributed by atoms with van der Waals surface area (Å²) in [5.74, 6) is -0.295. The summed E-state index contributed by atoms with van der Waals surface area (Å²) in [6.07, 6.45) is 0.853. The number of likely N-dealkylation sites (N-methyl/N-ethyl adjacent to an activating group) is 1. The molecule has 1 atom stereocenters. The molecule has 0 aromatic carbocycles. The molecular formula is C13H25NO5. The molecule has 0 rings (SSSR count). The second-order valence-electron chi connectivity index (χ2n) is 5.40. The van der Waals surface area contributed by atoms with E-state index in [-0.39, 0.29) is 25.0 Å². The minimum Gasteiger partial charge on any atom is -0.469 e. The van der Waals surface area contributed by atoms with Gasteiger partial charge in [-0.25, -0.2) is 4.79 Å². The molecule has 1 amide bonds. The van der Waals surface area contributed by atoms with E-state index in [1.165, 1.54) is 12.0 Å². The summed E-state index contributed by atoms with van der Waals surface area (Å²) in [7, 11) is 2.91. The van der Waals surface area contributed by atoms with Gasteiger partial charge in [-0.1, -0.05) is 0 Å². The Morgan fingerprint density at radius 2 is 1.89 bits per heavy atom. The molecule has 19 heavy (non-hydrogen) atoms. The van der Waals surface area contributed by atoms with Gasteiger partial charge < -0.3 is 19.5 Å². The number of hydrogen-bond donors (Lipinski definition) is 1. The van der Waals surface area contributed by atoms with E-state index in [0.717, 1.165) is 0 Å². The summed E-state index contributed by atoms with van der Waals surface area (Å²) in [5, 5.41) is 9.30. The van der Waals surface area contributed by atoms with E-state index in [9.17, 15) is 14.7 Å². The summed E-state index contributed by atoms with van der Waals surface area (Å²) < 4.78 is 9.75. The van der Waals surface area contributed by atoms with E-state index >= 15 is 0 Å². The van der Waals surface area contributed by atoms with E-state index in [0.29, 0.717) is 12.8 Å². The van der Waals surface area contributed by atoms with Crippen LogP contribution in [0.2, 0.25) is 0 Å². The number of aliphatic hydroxyl groups is 1. The van der Waals surface area contributed by atoms with Crippen LogP contribution in [0, 0.1) is 0 Å². The van der Waals surface area contributed by atoms with Gasteiger partial charge in [-0.15, -0.1) is 0 Å². The molecule has 0 saturated carbocycles. The molecule has 0 aliphatic rings. The van der Waals surface area contributed by atoms with Gasteiger partial charge in [-0.05, 0) is 33.6 Å². The van der Waals surface area contributed by atoms with E-state index in [2.05, 4.69) is 4.74 Å². The summed E-state index contributed by atoms with van der Waals surface area (Å²) in [5.41, 5.74) is -0.572. The van der Waals surface area contributed by atoms with Gasteiger partial charge >= 0.3 is 12.1 Å². The molecule has 6 heteroatoms. The Morgan fingerprint density at radius 1 is 1.32 bits per heavy atom. The highest BCUT2D eigenvalue weighted by molar-refractivity contribution is 5.69. The maximum Gasteiger partial charge on any atom is 0.410 e. The molecule has 112 valence electrons. The second-order valence-corrected chi connectivity index (χ2v) is 5.40. The number of carbonyl (C=O) groups is 2. The number of amides is 1. The highest BCUT2D eigenvalue weighted by Crippen LogP contribution is 2.13. The van der Waals surface area contributed by atoms with Gasteiger partial charge in [0.25, 0.3) is 0 Å². The number of rotatable bonds is 6. The van der Waals surface area contributed by atoms with Crippen molar-refractivity contribution in [2.75, 3.05) is 20.8 Å². The van der Waals surface area contributed by atoms with Gasteiger partial charge in [0.05, 0.1) is 19.8 Å². The SMILES string of the molecule is COC(=O)CCC[C@@H](CO)N(C)C(=O)OC(C)(C)C. The molecule has 1 N–H and O–H groups in total. The largest absolute Gasteiger partial charge is 0.469 e. The predicted octanol–water partition coefficient (Wildman–Crippen LogP) is 1.56. The summed E-state index contributed by atoms with van der Waals surface area (Å²) >= 11 is 0. The molecule has 0 bridgehead atoms. The summed E-state index contributed by atoms with van der Waals surface area (Å²) in [6, 6.07) is -0.362. The van der Waals surface area contributed by atoms with Gasteiger partial charge in [-0.2, -0.15) is 0 Å². The molecule has 0 radical (unpaired) electrons. The van der Waals surface area contributed by atoms with Crippen molar-refractivity contribution >= 4 is 12.1 Å². The normalized spacial score (nSPS) is 12.7. The van der Waals surface area contributed by atoms with Crippen LogP contribution in [0.1, 0.15) is 40.0 Å². The van der Waals surface area contributed by atoms with Gasteiger partial charge in [0.1, 0.15) is 5.60 Å². The monoisotopic (exact) mass is 275 g/mol. The van der Waals surface area contributed by atoms with Gasteiger partial charge in [0, 0.05) is 13.5 Å². The third-order valence-corrected chi connectivity index (χ3v) is 2.59. The molecule has 0 spiro atoms. The molecule has 0 aliphatic carbocycles. The van der Waals surface area contributed by atoms with Crippen LogP contribution in [-0.2, 0) is 14.3 Å². The number of esters is 1. The fraction of sp³-hybridized carbons (Fsp3) is 0.846. The molecule has 0 aromatic rings. The number of aliphatic hydroxyl groups excluding tert-OH is 1. The van der Waals surface area contributed by atoms with Crippen molar-refractivity contribution in [1.82, 2.24) is 4.90 Å². The Bertz CT molecular complexity index is 298. The molecule has 0 aromatic heterocycles. The third-order valence-electron chi connectivity index (χ3n) is 2.59. The average Bonchev–Trinajstić information content (AvgIpc) is 2.31. The zero-order valence-electron chi connectivity index (χ0n) is 12.4. The van der Waals surface area contributed by atoms with Crippen molar-refractivity contribution in [3.8, 4) is 0 Å². The Hall–Kier alpha value is -1.30. The number of hydrogen-bond acceptors (Lipinski definition) is 5. The first-order valence-corrected chi connectivity index (χ1v) is 6.34. The smallest absolute Gasteiger partial charge is 0.410 e. The third kappa shape index (κ3) is 7.66. The first-order chi connectivity index (χ1) is 8.71. The maximum atomic E-state index is 11.8. The average molecular weight is 275 g/mol. The number of nitrogens with zero attached hydrogens (tertiary/aromatic N) is 1. The van der Waals surface area contributed by atoms with E-state index in [1.54, 1.807) is 27.8 Å². The fourth-order valence-corrected chi connectivity index (χ4v) is 1.47. The molecule has 0 aliphatic heterocycles. The minimum absolute atomic E-state index is 0.170. The first-order valence-electron chi connectivity index (χ1n) is 6.34. The lowest BCUT2D eigenvalue weighted by Gasteiger charge is -2.29. The molecule has 0 fully saturated rings. The van der Waals surface area contributed by atoms with E-state index in [1.807, 2.05) is 0 Å². The summed E-state index contributed by atoms with van der Waals surface area (Å²) in [4.78, 5) is 24.2. The van der Waals surface area contributed by atoms with E-state index in [4.69, 9.17) is 4.74 Å². The van der Waals surface area contributed by atoms with Gasteiger partial charge in [-0.3, -0.25) is 4.79 Å². The minimum atomic E-state index is -0.572. The van der Waals surface area contributed by atoms with Crippen LogP contribution in [0.5, 0.6) is 0 Å². The van der Waals surface area contributed by atoms with Crippen molar-refractivity contribution in [1.29, 1.82) is 0 Å². The lowest BCUT2D eigenvalue weighted by atomic mass is 10.1. The Labute approximate surface area is 114 Å². The predicted molar refractivity (Wildman–Crippen MR) is 70.7 cm³/mol. The van der Waals surface area contributed by atoms with Crippen molar-refractivity contribution in [2.24, 2.45) is 0 Å². The first kappa shape index (κ1) is 17.7. The van der Waals surface area contributed by atoms with Crippen molar-refractivity contribution in [3.63, 3.8) is 0 Å². The van der Waals surface area contributed by atoms with Crippen LogP contribution >= 0.6 is 0 Å². The summed E-state index contributed by atoms with van der Waals surface area (Å²) in [6.45, 7) is 5.18. The lowest BCUT2D eigenvalue weighted by Crippen LogP contribution is -2.42. The quantitative estimate of drug-likeness (QED) is 0.744. The highest BCUT2D eigenvalue weighted by Gasteiger charge is 2.24. The molecule has 0 unspecified atom stereocenters. The zero-order chi connectivity index (χ0) is 15.1. The van der Waals surface area contributed by atoms with Gasteiger partial charge in [0.2, 0.25) is 0 Å². The number of methoxy groups -OCH3 is 1. The van der Waals surface area contributed by atoms with Crippen molar-refractivity contribution in [2.45, 2.75) is 51.7 Å². The second kappa shape index (κ2) is 7.99. The maximum absolute atomic E-state index is 11.8. The molecule has 6 nitrogen and oxygen atoms in total. The van der Waals surface area contributed by atoms with Crippen molar-refractivity contribution in [3.05, 3.63) is 0 Å². The Morgan fingerprint density at radius 3 is 2.32 bits per heavy atom. The molecule has 0 heterocycles. The standard InChI is InChI=1S/C13H25NO5/c1-13(2,3)19-12(17)14(4)10(9-15)7-6-8-11(16)18-5/h10,15H,6-9H2,1-5H3/t10-/m0/s1. The fourth-order valence-electron chi connectivity index (χ4n) is 1.47. The topological polar surface area (TPSA) is 76.1 Å². The molecular weight excluding hydrogens is 250 g/mol. The Kier molecular flexibility index (Phi) is 7.44. The van der Waals surface area contributed by atoms with Crippen LogP contribution in [-0.4, -0.2) is 54.5 Å². The number of carbonyl (C=O) groups excluding carboxylic acids is 2. The van der Waals surface area contributed by atoms with Crippen LogP contribution in [0.15, 0.2) is 0 Å². The van der Waals surface area contributed by atoms with E-state index < -0.39 is 11.7 Å². The Balaban J connectivity index is 4.27. The van der Waals surface area contributed by atoms with Crippen molar-refractivity contribution < 1.29 is 24.2 Å². The lowest BCUT2D eigenvalue weighted by molar-refractivity contribution is -0.140. The van der Waals surface area contributed by atoms with Crippen LogP contribution in [0.3, 0.4) is 0 Å². The van der Waals surface area contributed by atoms with Gasteiger partial charge in [0.15, 0.2) is 0 Å².